The number of rotatable bonds is 8. The van der Waals surface area contributed by atoms with Gasteiger partial charge >= 0.3 is 5.97 Å². The average molecular weight is 546 g/mol. The molecular formula is C26H29Cl2N5O4. The SMILES string of the molecule is O=C(N[C@@H](Cc1ccc(NC(=O)C2CCC(NC3=NCCN3)CC2)cc1)C(=O)O)c1c(Cl)cccc1Cl. The van der Waals surface area contributed by atoms with Crippen LogP contribution in [0.5, 0.6) is 0 Å². The molecule has 1 saturated carbocycles. The Morgan fingerprint density at radius 1 is 1.03 bits per heavy atom. The number of hydrogen-bond donors (Lipinski definition) is 5. The number of anilines is 1. The minimum absolute atomic E-state index is 0.0187. The Hall–Kier alpha value is -3.30. The molecule has 9 nitrogen and oxygen atoms in total. The van der Waals surface area contributed by atoms with E-state index in [1.165, 1.54) is 12.1 Å². The van der Waals surface area contributed by atoms with Crippen molar-refractivity contribution < 1.29 is 19.5 Å². The quantitative estimate of drug-likeness (QED) is 0.345. The zero-order valence-electron chi connectivity index (χ0n) is 20.1. The number of aliphatic imine (C=N–C) groups is 1. The second kappa shape index (κ2) is 12.3. The first-order chi connectivity index (χ1) is 17.8. The fourth-order valence-electron chi connectivity index (χ4n) is 4.54. The van der Waals surface area contributed by atoms with Crippen LogP contribution in [0.3, 0.4) is 0 Å². The van der Waals surface area contributed by atoms with Crippen LogP contribution in [0.4, 0.5) is 5.69 Å². The molecule has 1 heterocycles. The normalized spacial score (nSPS) is 19.8. The van der Waals surface area contributed by atoms with Gasteiger partial charge in [0.1, 0.15) is 6.04 Å². The van der Waals surface area contributed by atoms with Gasteiger partial charge in [0.25, 0.3) is 5.91 Å². The predicted molar refractivity (Wildman–Crippen MR) is 143 cm³/mol. The van der Waals surface area contributed by atoms with Crippen molar-refractivity contribution in [3.63, 3.8) is 0 Å². The van der Waals surface area contributed by atoms with Crippen molar-refractivity contribution in [1.82, 2.24) is 16.0 Å². The summed E-state index contributed by atoms with van der Waals surface area (Å²) in [5, 5.41) is 22.0. The molecule has 0 saturated heterocycles. The van der Waals surface area contributed by atoms with Crippen LogP contribution in [0.15, 0.2) is 47.5 Å². The summed E-state index contributed by atoms with van der Waals surface area (Å²) in [4.78, 5) is 41.5. The number of aliphatic carboxylic acids is 1. The number of benzene rings is 2. The summed E-state index contributed by atoms with van der Waals surface area (Å²) < 4.78 is 0. The van der Waals surface area contributed by atoms with Crippen molar-refractivity contribution in [2.24, 2.45) is 10.9 Å². The monoisotopic (exact) mass is 545 g/mol. The van der Waals surface area contributed by atoms with E-state index in [1.807, 2.05) is 0 Å². The number of amides is 2. The molecule has 0 bridgehead atoms. The Morgan fingerprint density at radius 2 is 1.70 bits per heavy atom. The highest BCUT2D eigenvalue weighted by Crippen LogP contribution is 2.26. The molecule has 0 aromatic heterocycles. The fourth-order valence-corrected chi connectivity index (χ4v) is 5.11. The molecule has 37 heavy (non-hydrogen) atoms. The lowest BCUT2D eigenvalue weighted by Gasteiger charge is -2.29. The third-order valence-electron chi connectivity index (χ3n) is 6.57. The molecule has 11 heteroatoms. The summed E-state index contributed by atoms with van der Waals surface area (Å²) in [6.07, 6.45) is 3.45. The number of carbonyl (C=O) groups is 3. The smallest absolute Gasteiger partial charge is 0.326 e. The van der Waals surface area contributed by atoms with Crippen LogP contribution < -0.4 is 21.3 Å². The van der Waals surface area contributed by atoms with Gasteiger partial charge in [0.2, 0.25) is 5.91 Å². The van der Waals surface area contributed by atoms with Crippen LogP contribution in [0.25, 0.3) is 0 Å². The van der Waals surface area contributed by atoms with E-state index in [2.05, 4.69) is 26.3 Å². The predicted octanol–water partition coefficient (Wildman–Crippen LogP) is 3.47. The number of carboxylic acids is 1. The van der Waals surface area contributed by atoms with E-state index in [0.29, 0.717) is 17.3 Å². The van der Waals surface area contributed by atoms with Crippen molar-refractivity contribution in [2.45, 2.75) is 44.2 Å². The summed E-state index contributed by atoms with van der Waals surface area (Å²) >= 11 is 12.1. The van der Waals surface area contributed by atoms with Crippen molar-refractivity contribution in [2.75, 3.05) is 18.4 Å². The van der Waals surface area contributed by atoms with Gasteiger partial charge in [-0.1, -0.05) is 41.4 Å². The number of carbonyl (C=O) groups excluding carboxylic acids is 2. The standard InChI is InChI=1S/C26H29Cl2N5O4/c27-19-2-1-3-20(28)22(19)24(35)33-21(25(36)37)14-15-4-8-17(9-5-15)31-23(34)16-6-10-18(11-7-16)32-26-29-12-13-30-26/h1-5,8-9,16,18,21H,6-7,10-14H2,(H,31,34)(H,33,35)(H,36,37)(H2,29,30,32)/t16?,18?,21-/m0/s1. The molecule has 1 aliphatic carbocycles. The molecule has 0 radical (unpaired) electrons. The molecule has 2 aromatic rings. The Bertz CT molecular complexity index is 1160. The molecule has 2 aliphatic rings. The molecule has 4 rings (SSSR count). The fraction of sp³-hybridized carbons (Fsp3) is 0.385. The average Bonchev–Trinajstić information content (AvgIpc) is 3.38. The van der Waals surface area contributed by atoms with E-state index in [9.17, 15) is 19.5 Å². The van der Waals surface area contributed by atoms with Crippen molar-refractivity contribution in [1.29, 1.82) is 0 Å². The lowest BCUT2D eigenvalue weighted by atomic mass is 9.85. The summed E-state index contributed by atoms with van der Waals surface area (Å²) in [6, 6.07) is 10.7. The summed E-state index contributed by atoms with van der Waals surface area (Å²) in [6.45, 7) is 1.66. The molecule has 1 fully saturated rings. The van der Waals surface area contributed by atoms with Crippen LogP contribution >= 0.6 is 23.2 Å². The maximum atomic E-state index is 12.8. The first kappa shape index (κ1) is 26.8. The van der Waals surface area contributed by atoms with Gasteiger partial charge in [-0.25, -0.2) is 4.79 Å². The molecule has 2 amide bonds. The van der Waals surface area contributed by atoms with Gasteiger partial charge in [-0.3, -0.25) is 14.6 Å². The highest BCUT2D eigenvalue weighted by molar-refractivity contribution is 6.39. The highest BCUT2D eigenvalue weighted by atomic mass is 35.5. The minimum Gasteiger partial charge on any atom is -0.480 e. The zero-order chi connectivity index (χ0) is 26.4. The third-order valence-corrected chi connectivity index (χ3v) is 7.20. The van der Waals surface area contributed by atoms with Gasteiger partial charge in [0.05, 0.1) is 22.2 Å². The van der Waals surface area contributed by atoms with E-state index in [4.69, 9.17) is 23.2 Å². The van der Waals surface area contributed by atoms with Crippen LogP contribution in [0, 0.1) is 5.92 Å². The zero-order valence-corrected chi connectivity index (χ0v) is 21.6. The van der Waals surface area contributed by atoms with Crippen molar-refractivity contribution in [3.8, 4) is 0 Å². The summed E-state index contributed by atoms with van der Waals surface area (Å²) in [5.74, 6) is -1.07. The Labute approximate surface area is 225 Å². The van der Waals surface area contributed by atoms with Gasteiger partial charge < -0.3 is 26.4 Å². The number of nitrogens with one attached hydrogen (secondary N) is 4. The van der Waals surface area contributed by atoms with E-state index in [0.717, 1.165) is 44.7 Å². The molecule has 196 valence electrons. The van der Waals surface area contributed by atoms with Crippen LogP contribution in [0.1, 0.15) is 41.6 Å². The van der Waals surface area contributed by atoms with Gasteiger partial charge in [0.15, 0.2) is 5.96 Å². The number of nitrogens with zero attached hydrogens (tertiary/aromatic N) is 1. The number of halogens is 2. The lowest BCUT2D eigenvalue weighted by molar-refractivity contribution is -0.139. The van der Waals surface area contributed by atoms with Crippen molar-refractivity contribution >= 4 is 52.6 Å². The largest absolute Gasteiger partial charge is 0.480 e. The molecule has 0 spiro atoms. The second-order valence-electron chi connectivity index (χ2n) is 9.20. The summed E-state index contributed by atoms with van der Waals surface area (Å²) in [7, 11) is 0. The highest BCUT2D eigenvalue weighted by Gasteiger charge is 2.27. The van der Waals surface area contributed by atoms with Crippen LogP contribution in [0.2, 0.25) is 10.0 Å². The molecule has 1 aliphatic heterocycles. The van der Waals surface area contributed by atoms with E-state index in [-0.39, 0.29) is 33.9 Å². The molecular weight excluding hydrogens is 517 g/mol. The van der Waals surface area contributed by atoms with E-state index < -0.39 is 17.9 Å². The molecule has 5 N–H and O–H groups in total. The van der Waals surface area contributed by atoms with E-state index >= 15 is 0 Å². The van der Waals surface area contributed by atoms with Gasteiger partial charge in [-0.05, 0) is 55.5 Å². The maximum absolute atomic E-state index is 12.8. The first-order valence-electron chi connectivity index (χ1n) is 12.2. The summed E-state index contributed by atoms with van der Waals surface area (Å²) in [5.41, 5.74) is 1.35. The lowest BCUT2D eigenvalue weighted by Crippen LogP contribution is -2.43. The Morgan fingerprint density at radius 3 is 2.30 bits per heavy atom. The number of guanidine groups is 1. The van der Waals surface area contributed by atoms with Gasteiger partial charge in [0, 0.05) is 30.6 Å². The topological polar surface area (TPSA) is 132 Å². The van der Waals surface area contributed by atoms with Gasteiger partial charge in [-0.15, -0.1) is 0 Å². The molecule has 2 aromatic carbocycles. The first-order valence-corrected chi connectivity index (χ1v) is 13.0. The Balaban J connectivity index is 1.28. The third kappa shape index (κ3) is 7.14. The number of hydrogen-bond acceptors (Lipinski definition) is 6. The Kier molecular flexibility index (Phi) is 8.89. The van der Waals surface area contributed by atoms with E-state index in [1.54, 1.807) is 30.3 Å². The molecule has 1 atom stereocenters. The second-order valence-corrected chi connectivity index (χ2v) is 10.0. The van der Waals surface area contributed by atoms with Gasteiger partial charge in [-0.2, -0.15) is 0 Å². The van der Waals surface area contributed by atoms with Crippen LogP contribution in [-0.4, -0.2) is 54.0 Å². The maximum Gasteiger partial charge on any atom is 0.326 e. The minimum atomic E-state index is -1.19. The van der Waals surface area contributed by atoms with Crippen molar-refractivity contribution in [3.05, 3.63) is 63.6 Å². The van der Waals surface area contributed by atoms with Crippen LogP contribution in [-0.2, 0) is 16.0 Å². The molecule has 0 unspecified atom stereocenters. The number of carboxylic acid groups (broad SMARTS) is 1.